The highest BCUT2D eigenvalue weighted by molar-refractivity contribution is 14.0. The molecule has 2 N–H and O–H groups in total. The van der Waals surface area contributed by atoms with Crippen LogP contribution in [0.4, 0.5) is 0 Å². The molecule has 0 bridgehead atoms. The summed E-state index contributed by atoms with van der Waals surface area (Å²) in [5, 5.41) is 7.30. The summed E-state index contributed by atoms with van der Waals surface area (Å²) in [5.41, 5.74) is 2.56. The van der Waals surface area contributed by atoms with Gasteiger partial charge in [-0.05, 0) is 36.6 Å². The van der Waals surface area contributed by atoms with Gasteiger partial charge in [0.05, 0.1) is 0 Å². The van der Waals surface area contributed by atoms with E-state index < -0.39 is 0 Å². The first-order valence-corrected chi connectivity index (χ1v) is 11.1. The van der Waals surface area contributed by atoms with Crippen LogP contribution in [0.15, 0.2) is 53.7 Å². The molecule has 0 amide bonds. The molecule has 2 heterocycles. The first kappa shape index (κ1) is 25.8. The van der Waals surface area contributed by atoms with Gasteiger partial charge in [0.15, 0.2) is 5.96 Å². The van der Waals surface area contributed by atoms with Gasteiger partial charge in [-0.1, -0.05) is 48.0 Å². The summed E-state index contributed by atoms with van der Waals surface area (Å²) in [6.07, 6.45) is 3.82. The minimum Gasteiger partial charge on any atom is -0.356 e. The molecule has 1 aromatic heterocycles. The predicted molar refractivity (Wildman–Crippen MR) is 141 cm³/mol. The van der Waals surface area contributed by atoms with Crippen LogP contribution in [0.5, 0.6) is 0 Å². The third-order valence-corrected chi connectivity index (χ3v) is 5.60. The standard InChI is InChI=1S/C23H33ClN6.HI/c1-25-23(27-12-10-20-8-9-22(24)28-18-20)26-11-5-13-29-14-16-30(17-15-29)19-21-6-3-2-4-7-21;/h2-4,6-9,18H,5,10-17,19H2,1H3,(H2,25,26,27);1H. The monoisotopic (exact) mass is 556 g/mol. The highest BCUT2D eigenvalue weighted by Gasteiger charge is 2.16. The van der Waals surface area contributed by atoms with Crippen LogP contribution in [-0.4, -0.2) is 73.6 Å². The van der Waals surface area contributed by atoms with Gasteiger partial charge in [0, 0.05) is 59.1 Å². The van der Waals surface area contributed by atoms with Crippen LogP contribution in [-0.2, 0) is 13.0 Å². The molecule has 1 aliphatic heterocycles. The average Bonchev–Trinajstić information content (AvgIpc) is 2.78. The molecule has 2 aromatic rings. The maximum absolute atomic E-state index is 5.82. The van der Waals surface area contributed by atoms with Crippen molar-refractivity contribution in [3.05, 3.63) is 64.9 Å². The second-order valence-corrected chi connectivity index (χ2v) is 8.01. The topological polar surface area (TPSA) is 55.8 Å². The number of aromatic nitrogens is 1. The van der Waals surface area contributed by atoms with Gasteiger partial charge in [-0.15, -0.1) is 24.0 Å². The number of benzene rings is 1. The number of piperazine rings is 1. The lowest BCUT2D eigenvalue weighted by Gasteiger charge is -2.34. The minimum atomic E-state index is 0. The fourth-order valence-corrected chi connectivity index (χ4v) is 3.73. The molecule has 6 nitrogen and oxygen atoms in total. The zero-order valence-electron chi connectivity index (χ0n) is 18.3. The van der Waals surface area contributed by atoms with Crippen LogP contribution in [0.1, 0.15) is 17.5 Å². The minimum absolute atomic E-state index is 0. The molecule has 1 aromatic carbocycles. The summed E-state index contributed by atoms with van der Waals surface area (Å²) in [4.78, 5) is 13.5. The molecule has 1 fully saturated rings. The Morgan fingerprint density at radius 1 is 0.968 bits per heavy atom. The Morgan fingerprint density at radius 3 is 2.35 bits per heavy atom. The Morgan fingerprint density at radius 2 is 1.68 bits per heavy atom. The maximum Gasteiger partial charge on any atom is 0.190 e. The molecular weight excluding hydrogens is 523 g/mol. The van der Waals surface area contributed by atoms with Crippen molar-refractivity contribution in [3.63, 3.8) is 0 Å². The predicted octanol–water partition coefficient (Wildman–Crippen LogP) is 3.27. The van der Waals surface area contributed by atoms with Gasteiger partial charge < -0.3 is 15.5 Å². The van der Waals surface area contributed by atoms with Gasteiger partial charge >= 0.3 is 0 Å². The summed E-state index contributed by atoms with van der Waals surface area (Å²) in [7, 11) is 1.81. The van der Waals surface area contributed by atoms with Gasteiger partial charge in [-0.2, -0.15) is 0 Å². The van der Waals surface area contributed by atoms with Crippen molar-refractivity contribution in [1.29, 1.82) is 0 Å². The summed E-state index contributed by atoms with van der Waals surface area (Å²) in [6, 6.07) is 14.6. The lowest BCUT2D eigenvalue weighted by Crippen LogP contribution is -2.46. The molecule has 0 saturated carbocycles. The second kappa shape index (κ2) is 14.6. The van der Waals surface area contributed by atoms with E-state index in [2.05, 4.69) is 60.7 Å². The number of pyridine rings is 1. The molecule has 3 rings (SSSR count). The fraction of sp³-hybridized carbons (Fsp3) is 0.478. The van der Waals surface area contributed by atoms with Crippen LogP contribution in [0, 0.1) is 0 Å². The Kier molecular flexibility index (Phi) is 12.2. The highest BCUT2D eigenvalue weighted by atomic mass is 127. The van der Waals surface area contributed by atoms with E-state index in [0.29, 0.717) is 5.15 Å². The molecule has 0 unspecified atom stereocenters. The number of hydrogen-bond acceptors (Lipinski definition) is 4. The van der Waals surface area contributed by atoms with Crippen LogP contribution >= 0.6 is 35.6 Å². The molecule has 8 heteroatoms. The third-order valence-electron chi connectivity index (χ3n) is 5.38. The second-order valence-electron chi connectivity index (χ2n) is 7.62. The zero-order valence-corrected chi connectivity index (χ0v) is 21.4. The Labute approximate surface area is 208 Å². The quantitative estimate of drug-likeness (QED) is 0.163. The van der Waals surface area contributed by atoms with E-state index in [1.54, 1.807) is 0 Å². The highest BCUT2D eigenvalue weighted by Crippen LogP contribution is 2.08. The number of guanidine groups is 1. The number of nitrogens with one attached hydrogen (secondary N) is 2. The zero-order chi connectivity index (χ0) is 21.0. The molecule has 0 spiro atoms. The van der Waals surface area contributed by atoms with Crippen molar-refractivity contribution in [2.45, 2.75) is 19.4 Å². The van der Waals surface area contributed by atoms with Gasteiger partial charge in [-0.3, -0.25) is 9.89 Å². The lowest BCUT2D eigenvalue weighted by molar-refractivity contribution is 0.126. The molecule has 170 valence electrons. The smallest absolute Gasteiger partial charge is 0.190 e. The van der Waals surface area contributed by atoms with Crippen molar-refractivity contribution < 1.29 is 0 Å². The van der Waals surface area contributed by atoms with Crippen LogP contribution < -0.4 is 10.6 Å². The molecule has 0 aliphatic carbocycles. The number of aliphatic imine (C=N–C) groups is 1. The third kappa shape index (κ3) is 9.72. The Balaban J connectivity index is 0.00000341. The van der Waals surface area contributed by atoms with Gasteiger partial charge in [0.25, 0.3) is 0 Å². The SMILES string of the molecule is CN=C(NCCCN1CCN(Cc2ccccc2)CC1)NCCc1ccc(Cl)nc1.I. The Hall–Kier alpha value is -1.42. The summed E-state index contributed by atoms with van der Waals surface area (Å²) < 4.78 is 0. The summed E-state index contributed by atoms with van der Waals surface area (Å²) in [6.45, 7) is 8.50. The molecule has 1 aliphatic rings. The molecule has 1 saturated heterocycles. The van der Waals surface area contributed by atoms with Gasteiger partial charge in [0.1, 0.15) is 5.15 Å². The van der Waals surface area contributed by atoms with E-state index in [-0.39, 0.29) is 24.0 Å². The van der Waals surface area contributed by atoms with E-state index in [9.17, 15) is 0 Å². The van der Waals surface area contributed by atoms with Crippen molar-refractivity contribution in [1.82, 2.24) is 25.4 Å². The number of halogens is 2. The van der Waals surface area contributed by atoms with Crippen LogP contribution in [0.3, 0.4) is 0 Å². The number of hydrogen-bond donors (Lipinski definition) is 2. The lowest BCUT2D eigenvalue weighted by atomic mass is 10.2. The van der Waals surface area contributed by atoms with E-state index in [4.69, 9.17) is 11.6 Å². The van der Waals surface area contributed by atoms with Crippen molar-refractivity contribution in [2.24, 2.45) is 4.99 Å². The first-order chi connectivity index (χ1) is 14.7. The normalized spacial score (nSPS) is 15.4. The average molecular weight is 557 g/mol. The first-order valence-electron chi connectivity index (χ1n) is 10.8. The van der Waals surface area contributed by atoms with Crippen LogP contribution in [0.25, 0.3) is 0 Å². The Bertz CT molecular complexity index is 763. The van der Waals surface area contributed by atoms with E-state index in [1.165, 1.54) is 5.56 Å². The van der Waals surface area contributed by atoms with Gasteiger partial charge in [-0.25, -0.2) is 4.98 Å². The van der Waals surface area contributed by atoms with Crippen LogP contribution in [0.2, 0.25) is 5.15 Å². The number of nitrogens with zero attached hydrogens (tertiary/aromatic N) is 4. The fourth-order valence-electron chi connectivity index (χ4n) is 3.62. The van der Waals surface area contributed by atoms with Crippen molar-refractivity contribution in [2.75, 3.05) is 52.9 Å². The molecule has 31 heavy (non-hydrogen) atoms. The largest absolute Gasteiger partial charge is 0.356 e. The van der Waals surface area contributed by atoms with E-state index in [0.717, 1.165) is 76.7 Å². The molecule has 0 radical (unpaired) electrons. The van der Waals surface area contributed by atoms with Gasteiger partial charge in [0.2, 0.25) is 0 Å². The van der Waals surface area contributed by atoms with Crippen molar-refractivity contribution >= 4 is 41.5 Å². The molecule has 0 atom stereocenters. The van der Waals surface area contributed by atoms with Crippen molar-refractivity contribution in [3.8, 4) is 0 Å². The van der Waals surface area contributed by atoms with E-state index >= 15 is 0 Å². The summed E-state index contributed by atoms with van der Waals surface area (Å²) in [5.74, 6) is 0.851. The number of rotatable bonds is 9. The van der Waals surface area contributed by atoms with E-state index in [1.807, 2.05) is 25.4 Å². The summed E-state index contributed by atoms with van der Waals surface area (Å²) >= 11 is 5.82. The molecular formula is C23H34ClIN6. The maximum atomic E-state index is 5.82.